The first-order chi connectivity index (χ1) is 13.3. The number of likely N-dealkylation sites (tertiary alicyclic amines) is 1. The topological polar surface area (TPSA) is 45.5 Å². The molecule has 5 nitrogen and oxygen atoms in total. The van der Waals surface area contributed by atoms with Crippen molar-refractivity contribution in [2.24, 2.45) is 0 Å². The van der Waals surface area contributed by atoms with Crippen molar-refractivity contribution in [2.45, 2.75) is 29.2 Å². The Morgan fingerprint density at radius 3 is 2.86 bits per heavy atom. The van der Waals surface area contributed by atoms with Crippen LogP contribution in [0.2, 0.25) is 0 Å². The molecule has 4 heterocycles. The van der Waals surface area contributed by atoms with Crippen LogP contribution in [0.25, 0.3) is 16.9 Å². The number of nitrogens with zero attached hydrogens (tertiary/aromatic N) is 4. The molecule has 1 fully saturated rings. The summed E-state index contributed by atoms with van der Waals surface area (Å²) >= 11 is 0.870. The quantitative estimate of drug-likeness (QED) is 0.486. The Morgan fingerprint density at radius 2 is 2.18 bits per heavy atom. The average Bonchev–Trinajstić information content (AvgIpc) is 3.25. The Balaban J connectivity index is 1.76. The van der Waals surface area contributed by atoms with E-state index in [9.17, 15) is 17.6 Å². The third-order valence-electron chi connectivity index (χ3n) is 4.66. The van der Waals surface area contributed by atoms with Crippen molar-refractivity contribution in [3.05, 3.63) is 29.9 Å². The van der Waals surface area contributed by atoms with E-state index >= 15 is 0 Å². The first-order valence-electron chi connectivity index (χ1n) is 8.57. The van der Waals surface area contributed by atoms with E-state index in [2.05, 4.69) is 14.7 Å². The molecule has 150 valence electrons. The van der Waals surface area contributed by atoms with Crippen molar-refractivity contribution >= 4 is 34.5 Å². The van der Waals surface area contributed by atoms with Crippen molar-refractivity contribution in [1.82, 2.24) is 18.7 Å². The van der Waals surface area contributed by atoms with Crippen molar-refractivity contribution in [2.75, 3.05) is 25.5 Å². The summed E-state index contributed by atoms with van der Waals surface area (Å²) in [4.78, 5) is 5.99. The molecule has 11 heteroatoms. The summed E-state index contributed by atoms with van der Waals surface area (Å²) < 4.78 is 59.5. The molecule has 0 unspecified atom stereocenters. The predicted octanol–water partition coefficient (Wildman–Crippen LogP) is 4.52. The third kappa shape index (κ3) is 3.96. The minimum Gasteiger partial charge on any atom is -0.378 e. The van der Waals surface area contributed by atoms with Gasteiger partial charge in [0.2, 0.25) is 0 Å². The number of aromatic nitrogens is 3. The van der Waals surface area contributed by atoms with Gasteiger partial charge < -0.3 is 14.6 Å². The number of anilines is 1. The van der Waals surface area contributed by atoms with Crippen LogP contribution < -0.4 is 5.32 Å². The van der Waals surface area contributed by atoms with Crippen LogP contribution in [0.4, 0.5) is 23.2 Å². The van der Waals surface area contributed by atoms with Crippen molar-refractivity contribution in [3.8, 4) is 11.4 Å². The van der Waals surface area contributed by atoms with Crippen molar-refractivity contribution < 1.29 is 17.6 Å². The fourth-order valence-electron chi connectivity index (χ4n) is 3.38. The summed E-state index contributed by atoms with van der Waals surface area (Å²) in [6.07, 6.45) is 1.12. The monoisotopic (exact) mass is 431 g/mol. The molecule has 0 spiro atoms. The average molecular weight is 431 g/mol. The Hall–Kier alpha value is -1.85. The van der Waals surface area contributed by atoms with Gasteiger partial charge in [-0.2, -0.15) is 17.5 Å². The summed E-state index contributed by atoms with van der Waals surface area (Å²) in [7, 11) is 1.87. The van der Waals surface area contributed by atoms with Gasteiger partial charge in [0.15, 0.2) is 5.82 Å². The maximum Gasteiger partial charge on any atom is 0.447 e. The molecule has 1 aliphatic rings. The van der Waals surface area contributed by atoms with E-state index in [1.807, 2.05) is 11.9 Å². The number of fused-ring (bicyclic) bond motifs is 1. The second-order valence-electron chi connectivity index (χ2n) is 6.66. The van der Waals surface area contributed by atoms with Gasteiger partial charge in [0.25, 0.3) is 0 Å². The number of hydrogen-bond donors (Lipinski definition) is 1. The molecule has 0 radical (unpaired) electrons. The number of alkyl halides is 4. The number of pyridine rings is 1. The summed E-state index contributed by atoms with van der Waals surface area (Å²) in [6.45, 7) is 1.08. The highest BCUT2D eigenvalue weighted by Gasteiger charge is 2.34. The van der Waals surface area contributed by atoms with Crippen molar-refractivity contribution in [1.29, 1.82) is 0 Å². The lowest BCUT2D eigenvalue weighted by molar-refractivity contribution is -0.0329. The van der Waals surface area contributed by atoms with Crippen LogP contribution in [0.5, 0.6) is 0 Å². The maximum atomic E-state index is 14.4. The van der Waals surface area contributed by atoms with E-state index in [1.54, 1.807) is 24.4 Å². The van der Waals surface area contributed by atoms with Gasteiger partial charge in [-0.05, 0) is 43.2 Å². The van der Waals surface area contributed by atoms with E-state index in [-0.39, 0.29) is 22.6 Å². The van der Waals surface area contributed by atoms with E-state index in [0.29, 0.717) is 29.7 Å². The Bertz CT molecular complexity index is 957. The lowest BCUT2D eigenvalue weighted by atomic mass is 10.0. The maximum absolute atomic E-state index is 14.4. The molecule has 1 aliphatic heterocycles. The van der Waals surface area contributed by atoms with Gasteiger partial charge in [0, 0.05) is 31.0 Å². The van der Waals surface area contributed by atoms with Gasteiger partial charge in [0.1, 0.15) is 11.7 Å². The molecule has 3 aromatic heterocycles. The van der Waals surface area contributed by atoms with E-state index in [4.69, 9.17) is 0 Å². The van der Waals surface area contributed by atoms with Gasteiger partial charge in [-0.1, -0.05) is 0 Å². The zero-order valence-electron chi connectivity index (χ0n) is 14.8. The van der Waals surface area contributed by atoms with Crippen LogP contribution in [0.15, 0.2) is 34.9 Å². The molecule has 0 amide bonds. The third-order valence-corrected chi connectivity index (χ3v) is 5.98. The fourth-order valence-corrected chi connectivity index (χ4v) is 4.55. The van der Waals surface area contributed by atoms with E-state index < -0.39 is 17.7 Å². The van der Waals surface area contributed by atoms with Gasteiger partial charge in [-0.15, -0.1) is 0 Å². The van der Waals surface area contributed by atoms with E-state index in [0.717, 1.165) is 18.1 Å². The first-order valence-corrected chi connectivity index (χ1v) is 10.2. The molecular formula is C17H17F4N5S2. The Labute approximate surface area is 166 Å². The molecule has 4 rings (SSSR count). The minimum atomic E-state index is -4.46. The molecule has 2 atom stereocenters. The molecule has 0 aromatic carbocycles. The van der Waals surface area contributed by atoms with Gasteiger partial charge in [0.05, 0.1) is 27.8 Å². The SMILES string of the molecule is CN1CC[C@@H](Nc2cccn3c(SC(F)(F)F)c(-c4ncsn4)cc23)[C@@H](F)C1. The molecule has 28 heavy (non-hydrogen) atoms. The summed E-state index contributed by atoms with van der Waals surface area (Å²) in [6, 6.07) is 4.63. The van der Waals surface area contributed by atoms with Crippen LogP contribution in [0.1, 0.15) is 6.42 Å². The van der Waals surface area contributed by atoms with Crippen LogP contribution >= 0.6 is 23.3 Å². The molecule has 1 N–H and O–H groups in total. The number of piperidine rings is 1. The summed E-state index contributed by atoms with van der Waals surface area (Å²) in [5.41, 5.74) is -1.56. The Morgan fingerprint density at radius 1 is 1.36 bits per heavy atom. The second-order valence-corrected chi connectivity index (χ2v) is 8.32. The lowest BCUT2D eigenvalue weighted by Crippen LogP contribution is -2.46. The van der Waals surface area contributed by atoms with Gasteiger partial charge >= 0.3 is 5.51 Å². The van der Waals surface area contributed by atoms with Crippen molar-refractivity contribution in [3.63, 3.8) is 0 Å². The normalized spacial score (nSPS) is 21.3. The summed E-state index contributed by atoms with van der Waals surface area (Å²) in [5.74, 6) is 0.244. The second kappa shape index (κ2) is 7.53. The number of hydrogen-bond acceptors (Lipinski definition) is 6. The highest BCUT2D eigenvalue weighted by atomic mass is 32.2. The molecule has 0 saturated carbocycles. The smallest absolute Gasteiger partial charge is 0.378 e. The van der Waals surface area contributed by atoms with Gasteiger partial charge in [-0.25, -0.2) is 9.37 Å². The number of rotatable bonds is 4. The van der Waals surface area contributed by atoms with Crippen LogP contribution in [-0.4, -0.2) is 56.5 Å². The first kappa shape index (κ1) is 19.5. The minimum absolute atomic E-state index is 0.00951. The zero-order chi connectivity index (χ0) is 19.9. The van der Waals surface area contributed by atoms with Crippen LogP contribution in [0, 0.1) is 0 Å². The Kier molecular flexibility index (Phi) is 5.23. The molecule has 3 aromatic rings. The van der Waals surface area contributed by atoms with Crippen LogP contribution in [-0.2, 0) is 0 Å². The highest BCUT2D eigenvalue weighted by Crippen LogP contribution is 2.43. The molecule has 1 saturated heterocycles. The zero-order valence-corrected chi connectivity index (χ0v) is 16.4. The summed E-state index contributed by atoms with van der Waals surface area (Å²) in [5, 5.41) is 3.18. The largest absolute Gasteiger partial charge is 0.447 e. The highest BCUT2D eigenvalue weighted by molar-refractivity contribution is 8.00. The molecular weight excluding hydrogens is 414 g/mol. The number of halogens is 4. The van der Waals surface area contributed by atoms with Crippen LogP contribution in [0.3, 0.4) is 0 Å². The molecule has 0 bridgehead atoms. The van der Waals surface area contributed by atoms with Gasteiger partial charge in [-0.3, -0.25) is 0 Å². The predicted molar refractivity (Wildman–Crippen MR) is 103 cm³/mol. The molecule has 0 aliphatic carbocycles. The lowest BCUT2D eigenvalue weighted by Gasteiger charge is -2.33. The number of thioether (sulfide) groups is 1. The van der Waals surface area contributed by atoms with E-state index in [1.165, 1.54) is 9.91 Å². The standard InChI is InChI=1S/C17H17F4N5S2/c1-25-6-4-12(11(18)8-25)23-13-3-2-5-26-14(13)7-10(15-22-9-27-24-15)16(26)28-17(19,20)21/h2-3,5,7,9,11-12,23H,4,6,8H2,1H3/t11-,12+/m0/s1. The number of nitrogens with one attached hydrogen (secondary N) is 1. The fraction of sp³-hybridized carbons (Fsp3) is 0.412.